The van der Waals surface area contributed by atoms with E-state index in [1.165, 1.54) is 0 Å². The second kappa shape index (κ2) is 6.99. The van der Waals surface area contributed by atoms with E-state index in [0.29, 0.717) is 0 Å². The quantitative estimate of drug-likeness (QED) is 0.855. The zero-order valence-corrected chi connectivity index (χ0v) is 12.6. The van der Waals surface area contributed by atoms with Crippen molar-refractivity contribution >= 4 is 5.69 Å². The number of rotatable bonds is 6. The number of hydrogen-bond acceptors (Lipinski definition) is 4. The van der Waals surface area contributed by atoms with Crippen LogP contribution in [0.25, 0.3) is 0 Å². The number of aliphatic hydroxyl groups is 1. The van der Waals surface area contributed by atoms with E-state index in [1.807, 2.05) is 42.5 Å². The van der Waals surface area contributed by atoms with Gasteiger partial charge in [0.25, 0.3) is 0 Å². The lowest BCUT2D eigenvalue weighted by molar-refractivity contribution is 0.282. The maximum atomic E-state index is 9.06. The Morgan fingerprint density at radius 3 is 2.33 bits per heavy atom. The van der Waals surface area contributed by atoms with E-state index >= 15 is 0 Å². The van der Waals surface area contributed by atoms with Crippen molar-refractivity contribution in [3.63, 3.8) is 0 Å². The average Bonchev–Trinajstić information content (AvgIpc) is 2.54. The Morgan fingerprint density at radius 2 is 1.76 bits per heavy atom. The number of benzene rings is 2. The first-order valence-corrected chi connectivity index (χ1v) is 6.86. The molecule has 0 aliphatic rings. The Kier molecular flexibility index (Phi) is 5.06. The topological polar surface area (TPSA) is 50.7 Å². The van der Waals surface area contributed by atoms with Gasteiger partial charge in [0.05, 0.1) is 26.9 Å². The first-order valence-electron chi connectivity index (χ1n) is 6.86. The number of nitrogens with one attached hydrogen (secondary N) is 1. The van der Waals surface area contributed by atoms with Crippen molar-refractivity contribution < 1.29 is 14.6 Å². The summed E-state index contributed by atoms with van der Waals surface area (Å²) in [7, 11) is 3.31. The van der Waals surface area contributed by atoms with Crippen LogP contribution in [0.5, 0.6) is 11.5 Å². The van der Waals surface area contributed by atoms with Crippen LogP contribution in [-0.4, -0.2) is 19.3 Å². The number of methoxy groups -OCH3 is 2. The lowest BCUT2D eigenvalue weighted by atomic mass is 10.1. The summed E-state index contributed by atoms with van der Waals surface area (Å²) in [4.78, 5) is 0. The molecule has 0 amide bonds. The van der Waals surface area contributed by atoms with E-state index in [-0.39, 0.29) is 12.6 Å². The van der Waals surface area contributed by atoms with Crippen molar-refractivity contribution in [2.24, 2.45) is 0 Å². The van der Waals surface area contributed by atoms with Gasteiger partial charge in [0, 0.05) is 11.3 Å². The highest BCUT2D eigenvalue weighted by Gasteiger charge is 2.12. The van der Waals surface area contributed by atoms with E-state index in [2.05, 4.69) is 12.2 Å². The van der Waals surface area contributed by atoms with Crippen LogP contribution in [0.2, 0.25) is 0 Å². The first-order chi connectivity index (χ1) is 10.2. The molecular formula is C17H21NO3. The predicted octanol–water partition coefficient (Wildman–Crippen LogP) is 3.37. The number of anilines is 1. The van der Waals surface area contributed by atoms with Crippen LogP contribution in [0.15, 0.2) is 42.5 Å². The molecule has 1 atom stereocenters. The summed E-state index contributed by atoms with van der Waals surface area (Å²) >= 11 is 0. The minimum Gasteiger partial charge on any atom is -0.497 e. The third-order valence-electron chi connectivity index (χ3n) is 3.42. The lowest BCUT2D eigenvalue weighted by Gasteiger charge is -2.19. The maximum Gasteiger partial charge on any atom is 0.124 e. The molecule has 4 heteroatoms. The van der Waals surface area contributed by atoms with E-state index in [1.54, 1.807) is 14.2 Å². The maximum absolute atomic E-state index is 9.06. The van der Waals surface area contributed by atoms with Crippen molar-refractivity contribution in [3.05, 3.63) is 53.6 Å². The third-order valence-corrected chi connectivity index (χ3v) is 3.42. The highest BCUT2D eigenvalue weighted by molar-refractivity contribution is 5.50. The van der Waals surface area contributed by atoms with Gasteiger partial charge >= 0.3 is 0 Å². The van der Waals surface area contributed by atoms with Crippen LogP contribution in [0.1, 0.15) is 24.1 Å². The van der Waals surface area contributed by atoms with Gasteiger partial charge in [-0.1, -0.05) is 12.1 Å². The van der Waals surface area contributed by atoms with Gasteiger partial charge in [0.2, 0.25) is 0 Å². The van der Waals surface area contributed by atoms with Crippen LogP contribution < -0.4 is 14.8 Å². The molecule has 1 unspecified atom stereocenters. The number of aliphatic hydroxyl groups excluding tert-OH is 1. The second-order valence-corrected chi connectivity index (χ2v) is 4.83. The van der Waals surface area contributed by atoms with Gasteiger partial charge < -0.3 is 19.9 Å². The molecule has 0 fully saturated rings. The molecule has 2 rings (SSSR count). The Balaban J connectivity index is 2.20. The summed E-state index contributed by atoms with van der Waals surface area (Å²) in [5.74, 6) is 1.62. The fourth-order valence-corrected chi connectivity index (χ4v) is 2.21. The predicted molar refractivity (Wildman–Crippen MR) is 83.9 cm³/mol. The first kappa shape index (κ1) is 15.2. The third kappa shape index (κ3) is 3.67. The molecule has 0 spiro atoms. The molecule has 0 aliphatic carbocycles. The monoisotopic (exact) mass is 287 g/mol. The van der Waals surface area contributed by atoms with Gasteiger partial charge in [-0.2, -0.15) is 0 Å². The summed E-state index contributed by atoms with van der Waals surface area (Å²) in [6, 6.07) is 13.5. The van der Waals surface area contributed by atoms with Crippen molar-refractivity contribution in [1.82, 2.24) is 0 Å². The summed E-state index contributed by atoms with van der Waals surface area (Å²) in [5, 5.41) is 12.5. The molecule has 0 saturated carbocycles. The standard InChI is InChI=1S/C17H21NO3/c1-12(18-14-6-4-13(11-19)5-7-14)16-10-15(20-2)8-9-17(16)21-3/h4-10,12,18-19H,11H2,1-3H3. The Morgan fingerprint density at radius 1 is 1.05 bits per heavy atom. The van der Waals surface area contributed by atoms with Crippen LogP contribution in [-0.2, 0) is 6.61 Å². The van der Waals surface area contributed by atoms with Crippen LogP contribution in [0, 0.1) is 0 Å². The van der Waals surface area contributed by atoms with Crippen LogP contribution in [0.3, 0.4) is 0 Å². The fourth-order valence-electron chi connectivity index (χ4n) is 2.21. The highest BCUT2D eigenvalue weighted by Crippen LogP contribution is 2.31. The average molecular weight is 287 g/mol. The molecule has 0 saturated heterocycles. The molecule has 4 nitrogen and oxygen atoms in total. The van der Waals surface area contributed by atoms with Crippen molar-refractivity contribution in [1.29, 1.82) is 0 Å². The van der Waals surface area contributed by atoms with Gasteiger partial charge in [-0.25, -0.2) is 0 Å². The van der Waals surface area contributed by atoms with Crippen LogP contribution in [0.4, 0.5) is 5.69 Å². The van der Waals surface area contributed by atoms with Crippen molar-refractivity contribution in [3.8, 4) is 11.5 Å². The molecule has 0 aliphatic heterocycles. The minimum atomic E-state index is 0.0551. The summed E-state index contributed by atoms with van der Waals surface area (Å²) in [5.41, 5.74) is 2.92. The molecule has 112 valence electrons. The molecule has 21 heavy (non-hydrogen) atoms. The summed E-state index contributed by atoms with van der Waals surface area (Å²) in [6.07, 6.45) is 0. The Hall–Kier alpha value is -2.20. The van der Waals surface area contributed by atoms with Gasteiger partial charge in [0.15, 0.2) is 0 Å². The molecule has 2 aromatic rings. The largest absolute Gasteiger partial charge is 0.497 e. The van der Waals surface area contributed by atoms with Crippen LogP contribution >= 0.6 is 0 Å². The summed E-state index contributed by atoms with van der Waals surface area (Å²) in [6.45, 7) is 2.12. The van der Waals surface area contributed by atoms with Gasteiger partial charge in [0.1, 0.15) is 11.5 Å². The van der Waals surface area contributed by atoms with Gasteiger partial charge in [-0.15, -0.1) is 0 Å². The molecule has 0 bridgehead atoms. The number of ether oxygens (including phenoxy) is 2. The van der Waals surface area contributed by atoms with E-state index in [9.17, 15) is 0 Å². The zero-order valence-electron chi connectivity index (χ0n) is 12.6. The second-order valence-electron chi connectivity index (χ2n) is 4.83. The van der Waals surface area contributed by atoms with E-state index in [4.69, 9.17) is 14.6 Å². The Bertz CT molecular complexity index is 581. The van der Waals surface area contributed by atoms with Crippen molar-refractivity contribution in [2.75, 3.05) is 19.5 Å². The Labute approximate surface area is 125 Å². The highest BCUT2D eigenvalue weighted by atomic mass is 16.5. The molecule has 2 aromatic carbocycles. The molecule has 0 radical (unpaired) electrons. The SMILES string of the molecule is COc1ccc(OC)c(C(C)Nc2ccc(CO)cc2)c1. The van der Waals surface area contributed by atoms with Gasteiger partial charge in [-0.05, 0) is 42.8 Å². The van der Waals surface area contributed by atoms with E-state index in [0.717, 1.165) is 28.3 Å². The molecule has 0 aromatic heterocycles. The summed E-state index contributed by atoms with van der Waals surface area (Å²) < 4.78 is 10.7. The lowest BCUT2D eigenvalue weighted by Crippen LogP contribution is -2.08. The molecule has 0 heterocycles. The van der Waals surface area contributed by atoms with Gasteiger partial charge in [-0.3, -0.25) is 0 Å². The van der Waals surface area contributed by atoms with Crippen molar-refractivity contribution in [2.45, 2.75) is 19.6 Å². The minimum absolute atomic E-state index is 0.0551. The number of hydrogen-bond donors (Lipinski definition) is 2. The fraction of sp³-hybridized carbons (Fsp3) is 0.294. The zero-order chi connectivity index (χ0) is 15.2. The molecular weight excluding hydrogens is 266 g/mol. The normalized spacial score (nSPS) is 11.8. The van der Waals surface area contributed by atoms with E-state index < -0.39 is 0 Å². The molecule has 2 N–H and O–H groups in total. The smallest absolute Gasteiger partial charge is 0.124 e.